The van der Waals surface area contributed by atoms with E-state index in [0.29, 0.717) is 57.9 Å². The van der Waals surface area contributed by atoms with E-state index in [1.807, 2.05) is 63.7 Å². The molecule has 0 bridgehead atoms. The van der Waals surface area contributed by atoms with Crippen LogP contribution in [0.15, 0.2) is 85.3 Å². The molecule has 274 valence electrons. The van der Waals surface area contributed by atoms with Gasteiger partial charge in [-0.3, -0.25) is 4.55 Å². The van der Waals surface area contributed by atoms with E-state index in [1.54, 1.807) is 59.8 Å². The van der Waals surface area contributed by atoms with E-state index in [-0.39, 0.29) is 23.7 Å². The smallest absolute Gasteiger partial charge is 0.410 e. The molecule has 53 heavy (non-hydrogen) atoms. The second kappa shape index (κ2) is 14.4. The third-order valence-corrected chi connectivity index (χ3v) is 9.75. The number of amides is 1. The fourth-order valence-corrected chi connectivity index (χ4v) is 7.31. The van der Waals surface area contributed by atoms with Crippen molar-refractivity contribution in [3.05, 3.63) is 96.7 Å². The number of aromatic nitrogens is 4. The van der Waals surface area contributed by atoms with Gasteiger partial charge in [0.2, 0.25) is 11.8 Å². The largest absolute Gasteiger partial charge is 0.444 e. The molecule has 0 spiro atoms. The number of piperidine rings is 1. The van der Waals surface area contributed by atoms with Crippen molar-refractivity contribution in [2.24, 2.45) is 7.05 Å². The molecule has 0 aliphatic carbocycles. The second-order valence-corrected chi connectivity index (χ2v) is 14.8. The molecule has 2 atom stereocenters. The van der Waals surface area contributed by atoms with Crippen LogP contribution in [-0.2, 0) is 23.1 Å². The standard InChI is InChI=1S/C39H40FN7O5S/c1-24-13-14-26-27(15-16-30(40)34(26)47(53(49)50)33-12-6-11-32-29(33)18-22-45(32)5)35(24)51-36-28(10-7-19-41-36)31-17-20-42-37(44-31)43-25-9-8-21-46(23-25)38(48)52-39(2,3)4/h6-7,10-20,22,25H,8-9,21,23H2,1-5H3,(H,49,50)(H,42,43,44)/t25-/m0/s1. The summed E-state index contributed by atoms with van der Waals surface area (Å²) in [6.07, 6.45) is 6.39. The lowest BCUT2D eigenvalue weighted by Crippen LogP contribution is -2.47. The first kappa shape index (κ1) is 35.8. The number of carbonyl (C=O) groups excluding carboxylic acids is 1. The van der Waals surface area contributed by atoms with Crippen molar-refractivity contribution in [3.63, 3.8) is 0 Å². The van der Waals surface area contributed by atoms with E-state index in [1.165, 1.54) is 6.07 Å². The van der Waals surface area contributed by atoms with Crippen LogP contribution in [0.5, 0.6) is 11.6 Å². The van der Waals surface area contributed by atoms with Gasteiger partial charge in [0.1, 0.15) is 22.9 Å². The molecule has 1 unspecified atom stereocenters. The Balaban J connectivity index is 1.21. The van der Waals surface area contributed by atoms with Crippen LogP contribution in [0.4, 0.5) is 26.5 Å². The quantitative estimate of drug-likeness (QED) is 0.147. The van der Waals surface area contributed by atoms with Gasteiger partial charge >= 0.3 is 6.09 Å². The Morgan fingerprint density at radius 2 is 1.83 bits per heavy atom. The predicted molar refractivity (Wildman–Crippen MR) is 204 cm³/mol. The molecule has 1 aliphatic heterocycles. The minimum atomic E-state index is -2.63. The zero-order chi connectivity index (χ0) is 37.4. The second-order valence-electron chi connectivity index (χ2n) is 14.0. The first-order valence-corrected chi connectivity index (χ1v) is 18.3. The van der Waals surface area contributed by atoms with Gasteiger partial charge in [-0.2, -0.15) is 0 Å². The van der Waals surface area contributed by atoms with Crippen LogP contribution >= 0.6 is 0 Å². The molecule has 3 aromatic heterocycles. The van der Waals surface area contributed by atoms with Crippen LogP contribution < -0.4 is 14.4 Å². The number of ether oxygens (including phenoxy) is 2. The van der Waals surface area contributed by atoms with Crippen molar-refractivity contribution in [2.45, 2.75) is 52.2 Å². The van der Waals surface area contributed by atoms with Crippen LogP contribution in [0.1, 0.15) is 39.2 Å². The molecule has 1 aliphatic rings. The van der Waals surface area contributed by atoms with Crippen LogP contribution in [0, 0.1) is 12.7 Å². The van der Waals surface area contributed by atoms with Gasteiger partial charge in [0.25, 0.3) is 11.3 Å². The van der Waals surface area contributed by atoms with Gasteiger partial charge in [0.15, 0.2) is 0 Å². The Morgan fingerprint density at radius 3 is 2.62 bits per heavy atom. The summed E-state index contributed by atoms with van der Waals surface area (Å²) in [6.45, 7) is 8.48. The van der Waals surface area contributed by atoms with Gasteiger partial charge in [-0.1, -0.05) is 18.2 Å². The number of nitrogens with one attached hydrogen (secondary N) is 1. The van der Waals surface area contributed by atoms with E-state index in [0.717, 1.165) is 28.2 Å². The minimum absolute atomic E-state index is 0.0646. The summed E-state index contributed by atoms with van der Waals surface area (Å²) in [5, 5.41) is 4.97. The zero-order valence-corrected chi connectivity index (χ0v) is 30.9. The number of likely N-dealkylation sites (tertiary alicyclic amines) is 1. The predicted octanol–water partition coefficient (Wildman–Crippen LogP) is 8.51. The minimum Gasteiger partial charge on any atom is -0.444 e. The highest BCUT2D eigenvalue weighted by atomic mass is 32.2. The Hall–Kier alpha value is -5.60. The highest BCUT2D eigenvalue weighted by Crippen LogP contribution is 2.44. The summed E-state index contributed by atoms with van der Waals surface area (Å²) < 4.78 is 54.7. The Kier molecular flexibility index (Phi) is 9.75. The average molecular weight is 738 g/mol. The van der Waals surface area contributed by atoms with Crippen molar-refractivity contribution in [1.82, 2.24) is 24.4 Å². The Morgan fingerprint density at radius 1 is 1.02 bits per heavy atom. The lowest BCUT2D eigenvalue weighted by Gasteiger charge is -2.34. The number of pyridine rings is 1. The van der Waals surface area contributed by atoms with Gasteiger partial charge in [-0.25, -0.2) is 32.7 Å². The molecule has 3 aromatic carbocycles. The monoisotopic (exact) mass is 737 g/mol. The fraction of sp³-hybridized carbons (Fsp3) is 0.282. The molecule has 12 nitrogen and oxygen atoms in total. The molecule has 7 rings (SSSR count). The van der Waals surface area contributed by atoms with Crippen molar-refractivity contribution in [1.29, 1.82) is 0 Å². The number of fused-ring (bicyclic) bond motifs is 2. The Bertz CT molecular complexity index is 2360. The molecule has 14 heteroatoms. The van der Waals surface area contributed by atoms with E-state index < -0.39 is 22.7 Å². The molecule has 2 N–H and O–H groups in total. The van der Waals surface area contributed by atoms with Gasteiger partial charge in [0, 0.05) is 66.4 Å². The average Bonchev–Trinajstić information content (AvgIpc) is 3.51. The Labute approximate surface area is 309 Å². The molecule has 1 saturated heterocycles. The fourth-order valence-electron chi connectivity index (χ4n) is 6.64. The molecular weight excluding hydrogens is 698 g/mol. The van der Waals surface area contributed by atoms with Gasteiger partial charge in [0.05, 0.1) is 16.9 Å². The lowest BCUT2D eigenvalue weighted by molar-refractivity contribution is 0.0206. The van der Waals surface area contributed by atoms with Crippen molar-refractivity contribution < 1.29 is 27.4 Å². The number of nitrogens with zero attached hydrogens (tertiary/aromatic N) is 6. The molecule has 1 fully saturated rings. The summed E-state index contributed by atoms with van der Waals surface area (Å²) in [7, 11) is 1.88. The van der Waals surface area contributed by atoms with Crippen LogP contribution in [0.25, 0.3) is 32.9 Å². The van der Waals surface area contributed by atoms with E-state index in [9.17, 15) is 13.6 Å². The summed E-state index contributed by atoms with van der Waals surface area (Å²) in [4.78, 5) is 28.2. The highest BCUT2D eigenvalue weighted by molar-refractivity contribution is 7.81. The number of hydrogen-bond acceptors (Lipinski definition) is 8. The van der Waals surface area contributed by atoms with Gasteiger partial charge < -0.3 is 24.3 Å². The van der Waals surface area contributed by atoms with Gasteiger partial charge in [-0.15, -0.1) is 0 Å². The number of hydrogen-bond donors (Lipinski definition) is 2. The van der Waals surface area contributed by atoms with Crippen molar-refractivity contribution >= 4 is 56.4 Å². The van der Waals surface area contributed by atoms with Crippen molar-refractivity contribution in [2.75, 3.05) is 22.7 Å². The number of anilines is 3. The van der Waals surface area contributed by atoms with Crippen LogP contribution in [0.2, 0.25) is 0 Å². The summed E-state index contributed by atoms with van der Waals surface area (Å²) in [5.41, 5.74) is 2.43. The SMILES string of the molecule is Cc1ccc2c(N(c3cccc4c3ccn4C)S(=O)O)c(F)ccc2c1Oc1ncccc1-c1ccnc(N[C@H]2CCCN(C(=O)OC(C)(C)C)C2)n1. The van der Waals surface area contributed by atoms with Crippen LogP contribution in [0.3, 0.4) is 0 Å². The number of halogens is 1. The van der Waals surface area contributed by atoms with E-state index >= 15 is 4.39 Å². The molecule has 4 heterocycles. The number of carbonyl (C=O) groups is 1. The summed E-state index contributed by atoms with van der Waals surface area (Å²) in [6, 6.07) is 18.8. The highest BCUT2D eigenvalue weighted by Gasteiger charge is 2.29. The lowest BCUT2D eigenvalue weighted by atomic mass is 10.0. The maximum atomic E-state index is 15.9. The van der Waals surface area contributed by atoms with E-state index in [4.69, 9.17) is 14.5 Å². The first-order chi connectivity index (χ1) is 25.4. The number of rotatable bonds is 8. The van der Waals surface area contributed by atoms with Crippen molar-refractivity contribution in [3.8, 4) is 22.9 Å². The maximum absolute atomic E-state index is 15.9. The normalized spacial score (nSPS) is 15.4. The third kappa shape index (κ3) is 7.37. The van der Waals surface area contributed by atoms with E-state index in [2.05, 4.69) is 15.3 Å². The molecular formula is C39H40FN7O5S. The first-order valence-electron chi connectivity index (χ1n) is 17.3. The van der Waals surface area contributed by atoms with Crippen LogP contribution in [-0.4, -0.2) is 64.0 Å². The summed E-state index contributed by atoms with van der Waals surface area (Å²) in [5.74, 6) is 0.376. The number of benzene rings is 3. The zero-order valence-electron chi connectivity index (χ0n) is 30.0. The third-order valence-electron chi connectivity index (χ3n) is 9.06. The number of aryl methyl sites for hydroxylation is 2. The van der Waals surface area contributed by atoms with Gasteiger partial charge in [-0.05, 0) is 94.6 Å². The molecule has 6 aromatic rings. The topological polar surface area (TPSA) is 135 Å². The molecule has 0 radical (unpaired) electrons. The molecule has 0 saturated carbocycles. The maximum Gasteiger partial charge on any atom is 0.410 e. The summed E-state index contributed by atoms with van der Waals surface area (Å²) >= 11 is -2.63. The molecule has 1 amide bonds.